The summed E-state index contributed by atoms with van der Waals surface area (Å²) in [5.41, 5.74) is 7.18. The summed E-state index contributed by atoms with van der Waals surface area (Å²) < 4.78 is 0. The largest absolute Gasteiger partial charge is 0.325 e. The van der Waals surface area contributed by atoms with Gasteiger partial charge < -0.3 is 5.73 Å². The van der Waals surface area contributed by atoms with E-state index >= 15 is 0 Å². The average molecular weight is 153 g/mol. The van der Waals surface area contributed by atoms with E-state index in [4.69, 9.17) is 5.73 Å². The molecule has 62 valence electrons. The summed E-state index contributed by atoms with van der Waals surface area (Å²) in [6, 6.07) is 1.88. The Bertz CT molecular complexity index is 198. The molecule has 0 amide bonds. The molecule has 0 fully saturated rings. The monoisotopic (exact) mass is 153 g/mol. The minimum absolute atomic E-state index is 0.489. The quantitative estimate of drug-likeness (QED) is 0.661. The van der Waals surface area contributed by atoms with Crippen molar-refractivity contribution in [1.82, 2.24) is 9.97 Å². The highest BCUT2D eigenvalue weighted by atomic mass is 14.8. The number of rotatable bonds is 1. The number of nitrogens with two attached hydrogens (primary N) is 1. The number of aromatic nitrogens is 2. The van der Waals surface area contributed by atoms with Crippen LogP contribution in [0.3, 0.4) is 0 Å². The topological polar surface area (TPSA) is 51.8 Å². The number of aryl methyl sites for hydroxylation is 1. The molecule has 3 heteroatoms. The molecule has 0 aromatic carbocycles. The highest BCUT2D eigenvalue weighted by molar-refractivity contribution is 5.05. The predicted molar refractivity (Wildman–Crippen MR) is 46.0 cm³/mol. The molecule has 0 radical (unpaired) electrons. The fraction of sp³-hybridized carbons (Fsp3) is 0.500. The van der Waals surface area contributed by atoms with E-state index in [0.29, 0.717) is 6.54 Å². The summed E-state index contributed by atoms with van der Waals surface area (Å²) >= 11 is 0. The molecule has 0 aliphatic carbocycles. The Balaban J connectivity index is 0.000000461. The van der Waals surface area contributed by atoms with Crippen LogP contribution in [0.2, 0.25) is 0 Å². The molecule has 0 aliphatic heterocycles. The average Bonchev–Trinajstić information content (AvgIpc) is 2.08. The first-order valence-electron chi connectivity index (χ1n) is 3.80. The van der Waals surface area contributed by atoms with Crippen LogP contribution < -0.4 is 5.73 Å². The van der Waals surface area contributed by atoms with Gasteiger partial charge in [-0.15, -0.1) is 0 Å². The lowest BCUT2D eigenvalue weighted by Crippen LogP contribution is -2.00. The van der Waals surface area contributed by atoms with Crippen LogP contribution in [0.25, 0.3) is 0 Å². The molecule has 1 aromatic rings. The summed E-state index contributed by atoms with van der Waals surface area (Å²) in [5.74, 6) is 0. The Labute approximate surface area is 67.7 Å². The van der Waals surface area contributed by atoms with E-state index in [1.165, 1.54) is 6.33 Å². The van der Waals surface area contributed by atoms with Crippen molar-refractivity contribution < 1.29 is 0 Å². The molecule has 2 N–H and O–H groups in total. The van der Waals surface area contributed by atoms with Crippen LogP contribution in [-0.2, 0) is 6.54 Å². The molecule has 1 aromatic heterocycles. The molecule has 3 nitrogen and oxygen atoms in total. The van der Waals surface area contributed by atoms with Gasteiger partial charge in [0.2, 0.25) is 0 Å². The van der Waals surface area contributed by atoms with E-state index < -0.39 is 0 Å². The lowest BCUT2D eigenvalue weighted by molar-refractivity contribution is 0.947. The van der Waals surface area contributed by atoms with E-state index in [1.54, 1.807) is 0 Å². The van der Waals surface area contributed by atoms with Crippen molar-refractivity contribution in [3.8, 4) is 0 Å². The summed E-state index contributed by atoms with van der Waals surface area (Å²) in [6.07, 6.45) is 1.53. The molecule has 0 atom stereocenters. The van der Waals surface area contributed by atoms with Crippen LogP contribution in [0.5, 0.6) is 0 Å². The molecule has 1 rings (SSSR count). The van der Waals surface area contributed by atoms with Gasteiger partial charge in [0, 0.05) is 12.2 Å². The first-order valence-corrected chi connectivity index (χ1v) is 3.80. The van der Waals surface area contributed by atoms with Crippen LogP contribution >= 0.6 is 0 Å². The maximum atomic E-state index is 5.33. The molecule has 0 bridgehead atoms. The molecular weight excluding hydrogens is 138 g/mol. The van der Waals surface area contributed by atoms with Crippen molar-refractivity contribution in [1.29, 1.82) is 0 Å². The van der Waals surface area contributed by atoms with Crippen molar-refractivity contribution >= 4 is 0 Å². The zero-order chi connectivity index (χ0) is 8.69. The third-order valence-electron chi connectivity index (χ3n) is 1.07. The Morgan fingerprint density at radius 1 is 1.36 bits per heavy atom. The predicted octanol–water partition coefficient (Wildman–Crippen LogP) is 1.27. The second-order valence-electron chi connectivity index (χ2n) is 1.85. The molecule has 0 saturated heterocycles. The summed E-state index contributed by atoms with van der Waals surface area (Å²) in [6.45, 7) is 6.41. The lowest BCUT2D eigenvalue weighted by atomic mass is 10.3. The fourth-order valence-corrected chi connectivity index (χ4v) is 0.621. The Morgan fingerprint density at radius 3 is 2.36 bits per heavy atom. The zero-order valence-corrected chi connectivity index (χ0v) is 7.33. The normalized spacial score (nSPS) is 8.36. The maximum Gasteiger partial charge on any atom is 0.115 e. The van der Waals surface area contributed by atoms with Crippen LogP contribution in [0.1, 0.15) is 25.2 Å². The lowest BCUT2D eigenvalue weighted by Gasteiger charge is -1.93. The zero-order valence-electron chi connectivity index (χ0n) is 7.33. The summed E-state index contributed by atoms with van der Waals surface area (Å²) in [5, 5.41) is 0. The van der Waals surface area contributed by atoms with Crippen molar-refractivity contribution in [3.05, 3.63) is 23.8 Å². The molecule has 0 spiro atoms. The van der Waals surface area contributed by atoms with Gasteiger partial charge in [-0.25, -0.2) is 9.97 Å². The van der Waals surface area contributed by atoms with Crippen molar-refractivity contribution in [2.45, 2.75) is 27.3 Å². The maximum absolute atomic E-state index is 5.33. The van der Waals surface area contributed by atoms with Gasteiger partial charge in [0.1, 0.15) is 6.33 Å². The number of hydrogen-bond acceptors (Lipinski definition) is 3. The Morgan fingerprint density at radius 2 is 2.00 bits per heavy atom. The molecular formula is C8H15N3. The van der Waals surface area contributed by atoms with E-state index in [-0.39, 0.29) is 0 Å². The van der Waals surface area contributed by atoms with Crippen LogP contribution in [0.4, 0.5) is 0 Å². The fourth-order valence-electron chi connectivity index (χ4n) is 0.621. The standard InChI is InChI=1S/C6H9N3.C2H6/c1-5-2-6(3-7)9-4-8-5;1-2/h2,4H,3,7H2,1H3;1-2H3. The van der Waals surface area contributed by atoms with Gasteiger partial charge in [0.25, 0.3) is 0 Å². The van der Waals surface area contributed by atoms with Crippen molar-refractivity contribution in [3.63, 3.8) is 0 Å². The third kappa shape index (κ3) is 3.68. The number of hydrogen-bond donors (Lipinski definition) is 1. The molecule has 0 aliphatic rings. The second-order valence-corrected chi connectivity index (χ2v) is 1.85. The summed E-state index contributed by atoms with van der Waals surface area (Å²) in [4.78, 5) is 7.84. The highest BCUT2D eigenvalue weighted by Crippen LogP contribution is 1.93. The smallest absolute Gasteiger partial charge is 0.115 e. The minimum atomic E-state index is 0.489. The van der Waals surface area contributed by atoms with E-state index in [1.807, 2.05) is 26.8 Å². The molecule has 0 saturated carbocycles. The van der Waals surface area contributed by atoms with Gasteiger partial charge in [-0.1, -0.05) is 13.8 Å². The first kappa shape index (κ1) is 10.0. The Kier molecular flexibility index (Phi) is 5.29. The Hall–Kier alpha value is -0.960. The molecule has 1 heterocycles. The molecule has 0 unspecified atom stereocenters. The van der Waals surface area contributed by atoms with Crippen LogP contribution in [0, 0.1) is 6.92 Å². The van der Waals surface area contributed by atoms with Gasteiger partial charge in [-0.2, -0.15) is 0 Å². The molecule has 11 heavy (non-hydrogen) atoms. The van der Waals surface area contributed by atoms with Gasteiger partial charge >= 0.3 is 0 Å². The van der Waals surface area contributed by atoms with E-state index in [2.05, 4.69) is 9.97 Å². The minimum Gasteiger partial charge on any atom is -0.325 e. The van der Waals surface area contributed by atoms with E-state index in [9.17, 15) is 0 Å². The van der Waals surface area contributed by atoms with Crippen molar-refractivity contribution in [2.75, 3.05) is 0 Å². The number of nitrogens with zero attached hydrogens (tertiary/aromatic N) is 2. The summed E-state index contributed by atoms with van der Waals surface area (Å²) in [7, 11) is 0. The third-order valence-corrected chi connectivity index (χ3v) is 1.07. The van der Waals surface area contributed by atoms with Crippen LogP contribution in [0.15, 0.2) is 12.4 Å². The van der Waals surface area contributed by atoms with Gasteiger partial charge in [0.05, 0.1) is 5.69 Å². The van der Waals surface area contributed by atoms with Gasteiger partial charge in [0.15, 0.2) is 0 Å². The van der Waals surface area contributed by atoms with E-state index in [0.717, 1.165) is 11.4 Å². The second kappa shape index (κ2) is 5.80. The van der Waals surface area contributed by atoms with Gasteiger partial charge in [-0.3, -0.25) is 0 Å². The van der Waals surface area contributed by atoms with Crippen molar-refractivity contribution in [2.24, 2.45) is 5.73 Å². The SMILES string of the molecule is CC.Cc1cc(CN)ncn1. The van der Waals surface area contributed by atoms with Gasteiger partial charge in [-0.05, 0) is 13.0 Å². The first-order chi connectivity index (χ1) is 5.33. The highest BCUT2D eigenvalue weighted by Gasteiger charge is 1.88. The van der Waals surface area contributed by atoms with Crippen LogP contribution in [-0.4, -0.2) is 9.97 Å².